The summed E-state index contributed by atoms with van der Waals surface area (Å²) in [6, 6.07) is 14.2. The average molecular weight is 280 g/mol. The van der Waals surface area contributed by atoms with Gasteiger partial charge >= 0.3 is 0 Å². The number of rotatable bonds is 1. The van der Waals surface area contributed by atoms with E-state index in [0.717, 1.165) is 22.1 Å². The van der Waals surface area contributed by atoms with E-state index in [1.54, 1.807) is 0 Å². The van der Waals surface area contributed by atoms with Crippen LogP contribution in [0.1, 0.15) is 0 Å². The summed E-state index contributed by atoms with van der Waals surface area (Å²) >= 11 is 1.41. The van der Waals surface area contributed by atoms with E-state index in [9.17, 15) is 0 Å². The van der Waals surface area contributed by atoms with Gasteiger partial charge in [0.15, 0.2) is 11.4 Å². The minimum atomic E-state index is 0.590. The molecule has 0 atom stereocenters. The minimum Gasteiger partial charge on any atom is -0.317 e. The Labute approximate surface area is 120 Å². The molecule has 0 aliphatic rings. The first-order valence-corrected chi connectivity index (χ1v) is 7.32. The molecular weight excluding hydrogens is 268 g/mol. The lowest BCUT2D eigenvalue weighted by Crippen LogP contribution is -2.12. The largest absolute Gasteiger partial charge is 0.317 e. The molecule has 0 amide bonds. The van der Waals surface area contributed by atoms with Crippen molar-refractivity contribution in [2.24, 2.45) is 4.99 Å². The number of nitrogens with zero attached hydrogens (tertiary/aromatic N) is 3. The summed E-state index contributed by atoms with van der Waals surface area (Å²) in [6.07, 6.45) is 5.83. The maximum Gasteiger partial charge on any atom is 0.183 e. The van der Waals surface area contributed by atoms with E-state index in [2.05, 4.69) is 39.0 Å². The number of thioether (sulfide) groups is 1. The van der Waals surface area contributed by atoms with Crippen LogP contribution >= 0.6 is 11.8 Å². The van der Waals surface area contributed by atoms with E-state index in [4.69, 9.17) is 5.26 Å². The molecule has 2 heterocycles. The van der Waals surface area contributed by atoms with E-state index in [1.165, 1.54) is 11.8 Å². The van der Waals surface area contributed by atoms with E-state index in [1.807, 2.05) is 36.8 Å². The van der Waals surface area contributed by atoms with E-state index in [0.29, 0.717) is 5.17 Å². The predicted molar refractivity (Wildman–Crippen MR) is 84.3 cm³/mol. The monoisotopic (exact) mass is 280 g/mol. The molecule has 3 aromatic rings. The quantitative estimate of drug-likeness (QED) is 0.321. The number of benzene rings is 1. The van der Waals surface area contributed by atoms with Crippen LogP contribution in [0.25, 0.3) is 16.4 Å². The van der Waals surface area contributed by atoms with Crippen molar-refractivity contribution in [1.82, 2.24) is 9.72 Å². The molecule has 0 radical (unpaired) electrons. The predicted octanol–water partition coefficient (Wildman–Crippen LogP) is 3.51. The Balaban J connectivity index is 2.24. The maximum atomic E-state index is 8.71. The molecule has 0 saturated carbocycles. The van der Waals surface area contributed by atoms with E-state index >= 15 is 0 Å². The fraction of sp³-hybridized carbons (Fsp3) is 0.0667. The van der Waals surface area contributed by atoms with E-state index in [-0.39, 0.29) is 0 Å². The maximum absolute atomic E-state index is 8.71. The van der Waals surface area contributed by atoms with Crippen LogP contribution in [0, 0.1) is 11.5 Å². The van der Waals surface area contributed by atoms with Gasteiger partial charge in [-0.15, -0.1) is 0 Å². The Morgan fingerprint density at radius 1 is 1.25 bits per heavy atom. The van der Waals surface area contributed by atoms with Gasteiger partial charge in [-0.1, -0.05) is 17.8 Å². The van der Waals surface area contributed by atoms with Gasteiger partial charge in [-0.25, -0.2) is 4.99 Å². The van der Waals surface area contributed by atoms with Crippen LogP contribution in [0.3, 0.4) is 0 Å². The Hall–Kier alpha value is -2.45. The van der Waals surface area contributed by atoms with Gasteiger partial charge in [-0.05, 0) is 42.7 Å². The van der Waals surface area contributed by atoms with Crippen LogP contribution in [0.5, 0.6) is 0 Å². The van der Waals surface area contributed by atoms with Crippen molar-refractivity contribution < 1.29 is 0 Å². The number of nitriles is 1. The summed E-state index contributed by atoms with van der Waals surface area (Å²) in [5.41, 5.74) is 3.11. The second-order valence-corrected chi connectivity index (χ2v) is 5.00. The Kier molecular flexibility index (Phi) is 3.32. The number of nitrogens with one attached hydrogen (secondary N) is 1. The third-order valence-electron chi connectivity index (χ3n) is 3.10. The highest BCUT2D eigenvalue weighted by Crippen LogP contribution is 2.27. The smallest absolute Gasteiger partial charge is 0.183 e. The molecule has 2 aromatic heterocycles. The summed E-state index contributed by atoms with van der Waals surface area (Å²) in [5.74, 6) is 0. The number of aromatic nitrogens is 1. The van der Waals surface area contributed by atoms with Crippen molar-refractivity contribution >= 4 is 39.0 Å². The van der Waals surface area contributed by atoms with E-state index < -0.39 is 0 Å². The van der Waals surface area contributed by atoms with Gasteiger partial charge in [0.25, 0.3) is 0 Å². The summed E-state index contributed by atoms with van der Waals surface area (Å²) in [4.78, 5) is 4.52. The van der Waals surface area contributed by atoms with Crippen molar-refractivity contribution in [3.63, 3.8) is 0 Å². The average Bonchev–Trinajstić information content (AvgIpc) is 2.95. The molecule has 0 aliphatic carbocycles. The lowest BCUT2D eigenvalue weighted by atomic mass is 10.2. The molecule has 4 nitrogen and oxygen atoms in total. The Morgan fingerprint density at radius 3 is 2.95 bits per heavy atom. The second kappa shape index (κ2) is 5.27. The van der Waals surface area contributed by atoms with Gasteiger partial charge in [0.05, 0.1) is 11.2 Å². The highest BCUT2D eigenvalue weighted by Gasteiger charge is 2.04. The number of aliphatic imine (C=N–C) groups is 1. The number of fused-ring (bicyclic) bond motifs is 3. The van der Waals surface area contributed by atoms with Crippen LogP contribution in [0.15, 0.2) is 53.7 Å². The highest BCUT2D eigenvalue weighted by molar-refractivity contribution is 8.13. The first-order valence-electron chi connectivity index (χ1n) is 6.10. The Bertz CT molecular complexity index is 842. The van der Waals surface area contributed by atoms with Gasteiger partial charge in [0.2, 0.25) is 0 Å². The first-order chi connectivity index (χ1) is 9.83. The van der Waals surface area contributed by atoms with Gasteiger partial charge in [0.1, 0.15) is 0 Å². The molecule has 3 rings (SSSR count). The molecule has 1 N–H and O–H groups in total. The number of amidine groups is 1. The molecule has 0 bridgehead atoms. The normalized spacial score (nSPS) is 11.7. The fourth-order valence-electron chi connectivity index (χ4n) is 2.22. The first kappa shape index (κ1) is 12.6. The lowest BCUT2D eigenvalue weighted by Gasteiger charge is -2.06. The number of pyridine rings is 1. The molecule has 1 aromatic carbocycles. The molecular formula is C15H12N4S. The molecule has 5 heteroatoms. The SMILES string of the molecule is CSC(=Nc1cccc2c1ccc1cccn12)NC#N. The van der Waals surface area contributed by atoms with Gasteiger partial charge in [-0.2, -0.15) is 5.26 Å². The molecule has 98 valence electrons. The molecule has 0 spiro atoms. The van der Waals surface area contributed by atoms with Gasteiger partial charge < -0.3 is 4.40 Å². The van der Waals surface area contributed by atoms with Crippen LogP contribution in [-0.4, -0.2) is 15.8 Å². The van der Waals surface area contributed by atoms with Crippen molar-refractivity contribution in [1.29, 1.82) is 5.26 Å². The van der Waals surface area contributed by atoms with Crippen molar-refractivity contribution in [3.05, 3.63) is 48.7 Å². The molecule has 0 saturated heterocycles. The van der Waals surface area contributed by atoms with Crippen molar-refractivity contribution in [3.8, 4) is 6.19 Å². The molecule has 0 aliphatic heterocycles. The lowest BCUT2D eigenvalue weighted by molar-refractivity contribution is 1.26. The van der Waals surface area contributed by atoms with Crippen molar-refractivity contribution in [2.75, 3.05) is 6.26 Å². The summed E-state index contributed by atoms with van der Waals surface area (Å²) in [7, 11) is 0. The van der Waals surface area contributed by atoms with Crippen LogP contribution in [0.4, 0.5) is 5.69 Å². The highest BCUT2D eigenvalue weighted by atomic mass is 32.2. The minimum absolute atomic E-state index is 0.590. The number of hydrogen-bond acceptors (Lipinski definition) is 3. The zero-order valence-electron chi connectivity index (χ0n) is 10.9. The summed E-state index contributed by atoms with van der Waals surface area (Å²) < 4.78 is 2.13. The number of hydrogen-bond donors (Lipinski definition) is 1. The third kappa shape index (κ3) is 2.10. The van der Waals surface area contributed by atoms with Crippen LogP contribution in [0.2, 0.25) is 0 Å². The zero-order valence-corrected chi connectivity index (χ0v) is 11.7. The second-order valence-electron chi connectivity index (χ2n) is 4.20. The zero-order chi connectivity index (χ0) is 13.9. The third-order valence-corrected chi connectivity index (χ3v) is 3.68. The molecule has 0 fully saturated rings. The van der Waals surface area contributed by atoms with Gasteiger partial charge in [0, 0.05) is 17.1 Å². The molecule has 0 unspecified atom stereocenters. The van der Waals surface area contributed by atoms with Crippen LogP contribution < -0.4 is 5.32 Å². The fourth-order valence-corrected chi connectivity index (χ4v) is 2.56. The summed E-state index contributed by atoms with van der Waals surface area (Å²) in [5, 5.41) is 13.0. The van der Waals surface area contributed by atoms with Gasteiger partial charge in [-0.3, -0.25) is 5.32 Å². The standard InChI is InChI=1S/C15H12N4S/c1-20-15(17-10-16)18-13-5-2-6-14-12(13)8-7-11-4-3-9-19(11)14/h2-9H,1H3,(H,17,18). The van der Waals surface area contributed by atoms with Crippen LogP contribution in [-0.2, 0) is 0 Å². The molecule has 20 heavy (non-hydrogen) atoms. The summed E-state index contributed by atoms with van der Waals surface area (Å²) in [6.45, 7) is 0. The van der Waals surface area contributed by atoms with Crippen molar-refractivity contribution in [2.45, 2.75) is 0 Å². The topological polar surface area (TPSA) is 52.6 Å². The Morgan fingerprint density at radius 2 is 2.15 bits per heavy atom.